The molecule has 0 unspecified atom stereocenters. The number of fused-ring (bicyclic) bond motifs is 6. The van der Waals surface area contributed by atoms with E-state index in [0.717, 1.165) is 11.4 Å². The van der Waals surface area contributed by atoms with Crippen molar-refractivity contribution in [2.24, 2.45) is 0 Å². The number of hydrogen-bond donors (Lipinski definition) is 0. The maximum Gasteiger partial charge on any atom is 4.00 e. The quantitative estimate of drug-likeness (QED) is 0.201. The molecule has 0 atom stereocenters. The molecule has 0 fully saturated rings. The molecule has 2 heterocycles. The summed E-state index contributed by atoms with van der Waals surface area (Å²) < 4.78 is 0. The Hall–Kier alpha value is -3.63. The van der Waals surface area contributed by atoms with Gasteiger partial charge >= 0.3 is 25.8 Å². The number of rotatable bonds is 2. The second-order valence-corrected chi connectivity index (χ2v) is 9.50. The molecule has 8 rings (SSSR count). The molecule has 0 spiro atoms. The molecule has 0 bridgehead atoms. The zero-order valence-corrected chi connectivity index (χ0v) is 27.1. The van der Waals surface area contributed by atoms with Crippen molar-refractivity contribution in [3.8, 4) is 22.5 Å². The molecule has 8 aromatic rings. The van der Waals surface area contributed by atoms with Crippen molar-refractivity contribution in [2.45, 2.75) is 0 Å². The van der Waals surface area contributed by atoms with E-state index in [1.807, 2.05) is 36.7 Å². The zero-order chi connectivity index (χ0) is 25.3. The molecule has 0 N–H and O–H groups in total. The summed E-state index contributed by atoms with van der Waals surface area (Å²) in [5, 5.41) is 10.3. The molecule has 41 heavy (non-hydrogen) atoms. The second-order valence-electron chi connectivity index (χ2n) is 9.50. The van der Waals surface area contributed by atoms with Crippen LogP contribution in [0.2, 0.25) is 0 Å². The second kappa shape index (κ2) is 13.4. The largest absolute Gasteiger partial charge is 4.00 e. The normalized spacial score (nSPS) is 10.3. The van der Waals surface area contributed by atoms with Gasteiger partial charge in [-0.05, 0) is 22.9 Å². The Morgan fingerprint density at radius 3 is 1.24 bits per heavy atom. The summed E-state index contributed by atoms with van der Waals surface area (Å²) in [6.45, 7) is 0. The first-order valence-corrected chi connectivity index (χ1v) is 12.8. The minimum atomic E-state index is 0. The number of nitrogens with zero attached hydrogens (tertiary/aromatic N) is 2. The third-order valence-corrected chi connectivity index (χ3v) is 7.15. The molecule has 0 aliphatic rings. The van der Waals surface area contributed by atoms with E-state index in [4.69, 9.17) is 0 Å². The predicted octanol–water partition coefficient (Wildman–Crippen LogP) is 3.55. The Bertz CT molecular complexity index is 1880. The van der Waals surface area contributed by atoms with Crippen molar-refractivity contribution in [3.63, 3.8) is 0 Å². The van der Waals surface area contributed by atoms with Crippen molar-refractivity contribution in [2.75, 3.05) is 0 Å². The minimum Gasteiger partial charge on any atom is -1.00 e. The molecule has 196 valence electrons. The zero-order valence-electron chi connectivity index (χ0n) is 22.0. The Morgan fingerprint density at radius 2 is 0.829 bits per heavy atom. The summed E-state index contributed by atoms with van der Waals surface area (Å²) in [7, 11) is 0. The number of halogens is 2. The molecule has 0 saturated heterocycles. The molecule has 2 nitrogen and oxygen atoms in total. The third kappa shape index (κ3) is 6.04. The van der Waals surface area contributed by atoms with Gasteiger partial charge in [-0.3, -0.25) is 9.97 Å². The molecule has 0 amide bonds. The van der Waals surface area contributed by atoms with Gasteiger partial charge in [0.05, 0.1) is 0 Å². The van der Waals surface area contributed by atoms with E-state index in [2.05, 4.69) is 119 Å². The first-order valence-electron chi connectivity index (χ1n) is 12.8. The SMILES string of the molecule is [Cl-].[Cl-].[Hf+4].c1ccc(-c2cc3c(ccc4ccccc43)[cH-]2)nc1.c1ccc(-c2cc3c(ccc4ccccc43)[cH-]2)nc1. The van der Waals surface area contributed by atoms with Crippen LogP contribution >= 0.6 is 0 Å². The van der Waals surface area contributed by atoms with Crippen molar-refractivity contribution >= 4 is 43.1 Å². The summed E-state index contributed by atoms with van der Waals surface area (Å²) in [6.07, 6.45) is 3.68. The van der Waals surface area contributed by atoms with E-state index in [9.17, 15) is 0 Å². The first kappa shape index (κ1) is 30.3. The van der Waals surface area contributed by atoms with Crippen LogP contribution in [0.15, 0.2) is 146 Å². The van der Waals surface area contributed by atoms with Crippen LogP contribution in [0.1, 0.15) is 0 Å². The van der Waals surface area contributed by atoms with Gasteiger partial charge in [-0.1, -0.05) is 95.7 Å². The Labute approximate surface area is 270 Å². The van der Waals surface area contributed by atoms with E-state index in [0.29, 0.717) is 0 Å². The summed E-state index contributed by atoms with van der Waals surface area (Å²) in [4.78, 5) is 8.85. The maximum absolute atomic E-state index is 4.42. The smallest absolute Gasteiger partial charge is 1.00 e. The molecule has 0 radical (unpaired) electrons. The molecule has 0 aliphatic carbocycles. The fraction of sp³-hybridized carbons (Fsp3) is 0. The average Bonchev–Trinajstić information content (AvgIpc) is 3.64. The Kier molecular flexibility index (Phi) is 9.88. The van der Waals surface area contributed by atoms with E-state index in [-0.39, 0.29) is 50.7 Å². The van der Waals surface area contributed by atoms with Crippen LogP contribution in [0.25, 0.3) is 65.6 Å². The summed E-state index contributed by atoms with van der Waals surface area (Å²) in [5.74, 6) is 0. The first-order chi connectivity index (χ1) is 18.8. The van der Waals surface area contributed by atoms with Crippen LogP contribution in [0.3, 0.4) is 0 Å². The van der Waals surface area contributed by atoms with Crippen LogP contribution in [0.4, 0.5) is 0 Å². The van der Waals surface area contributed by atoms with E-state index in [1.54, 1.807) is 0 Å². The summed E-state index contributed by atoms with van der Waals surface area (Å²) in [6, 6.07) is 46.7. The third-order valence-electron chi connectivity index (χ3n) is 7.15. The van der Waals surface area contributed by atoms with Crippen LogP contribution in [0.5, 0.6) is 0 Å². The van der Waals surface area contributed by atoms with E-state index < -0.39 is 0 Å². The molecule has 6 aromatic carbocycles. The molecule has 0 aliphatic heterocycles. The van der Waals surface area contributed by atoms with Crippen LogP contribution in [-0.4, -0.2) is 9.97 Å². The van der Waals surface area contributed by atoms with Gasteiger partial charge in [0.2, 0.25) is 0 Å². The monoisotopic (exact) mass is 734 g/mol. The van der Waals surface area contributed by atoms with Crippen LogP contribution in [0, 0.1) is 0 Å². The minimum absolute atomic E-state index is 0. The van der Waals surface area contributed by atoms with E-state index >= 15 is 0 Å². The number of pyridine rings is 2. The van der Waals surface area contributed by atoms with E-state index in [1.165, 1.54) is 54.2 Å². The van der Waals surface area contributed by atoms with Gasteiger partial charge in [-0.15, -0.1) is 69.1 Å². The predicted molar refractivity (Wildman–Crippen MR) is 161 cm³/mol. The number of benzene rings is 4. The van der Waals surface area contributed by atoms with Crippen molar-refractivity contribution in [3.05, 3.63) is 146 Å². The molecule has 5 heteroatoms. The van der Waals surface area contributed by atoms with Crippen molar-refractivity contribution < 1.29 is 50.7 Å². The van der Waals surface area contributed by atoms with Crippen molar-refractivity contribution in [1.29, 1.82) is 0 Å². The standard InChI is InChI=1S/2C18H12N.2ClH.Hf/c2*1-2-6-16-13(5-1)8-9-14-11-15(12-17(14)16)18-7-3-4-10-19-18;;;/h2*1-12H;2*1H;/q2*-1;;;+4/p-2. The van der Waals surface area contributed by atoms with Gasteiger partial charge in [0, 0.05) is 23.8 Å². The summed E-state index contributed by atoms with van der Waals surface area (Å²) >= 11 is 0. The topological polar surface area (TPSA) is 25.8 Å². The summed E-state index contributed by atoms with van der Waals surface area (Å²) in [5.41, 5.74) is 4.43. The molecular formula is C36H24Cl2HfN2. The van der Waals surface area contributed by atoms with Gasteiger partial charge in [0.15, 0.2) is 0 Å². The number of hydrogen-bond acceptors (Lipinski definition) is 2. The maximum atomic E-state index is 4.42. The van der Waals surface area contributed by atoms with Gasteiger partial charge < -0.3 is 24.8 Å². The fourth-order valence-corrected chi connectivity index (χ4v) is 5.29. The van der Waals surface area contributed by atoms with Gasteiger partial charge in [0.25, 0.3) is 0 Å². The van der Waals surface area contributed by atoms with Crippen LogP contribution in [-0.2, 0) is 25.8 Å². The molecule has 2 aromatic heterocycles. The molecule has 0 saturated carbocycles. The number of aromatic nitrogens is 2. The van der Waals surface area contributed by atoms with Crippen LogP contribution < -0.4 is 24.8 Å². The van der Waals surface area contributed by atoms with Gasteiger partial charge in [-0.25, -0.2) is 0 Å². The van der Waals surface area contributed by atoms with Crippen molar-refractivity contribution in [1.82, 2.24) is 9.97 Å². The Morgan fingerprint density at radius 1 is 0.415 bits per heavy atom. The Balaban J connectivity index is 0.000000176. The van der Waals surface area contributed by atoms with Gasteiger partial charge in [0.1, 0.15) is 0 Å². The average molecular weight is 734 g/mol. The fourth-order valence-electron chi connectivity index (χ4n) is 5.29. The molecular weight excluding hydrogens is 710 g/mol. The van der Waals surface area contributed by atoms with Gasteiger partial charge in [-0.2, -0.15) is 0 Å².